The summed E-state index contributed by atoms with van der Waals surface area (Å²) >= 11 is 0. The van der Waals surface area contributed by atoms with Crippen LogP contribution >= 0.6 is 0 Å². The topological polar surface area (TPSA) is 58.0 Å². The monoisotopic (exact) mass is 302 g/mol. The van der Waals surface area contributed by atoms with Crippen molar-refractivity contribution >= 4 is 11.6 Å². The molecule has 0 aromatic carbocycles. The molecule has 0 saturated carbocycles. The number of aryl methyl sites for hydroxylation is 1. The van der Waals surface area contributed by atoms with Crippen molar-refractivity contribution in [2.75, 3.05) is 36.0 Å². The number of aromatic nitrogens is 4. The van der Waals surface area contributed by atoms with Gasteiger partial charge in [0, 0.05) is 37.4 Å². The molecule has 1 saturated heterocycles. The highest BCUT2D eigenvalue weighted by Gasteiger charge is 2.23. The molecule has 6 nitrogen and oxygen atoms in total. The lowest BCUT2D eigenvalue weighted by Gasteiger charge is -2.36. The van der Waals surface area contributed by atoms with Gasteiger partial charge in [-0.1, -0.05) is 6.92 Å². The molecule has 22 heavy (non-hydrogen) atoms. The zero-order valence-electron chi connectivity index (χ0n) is 12.8. The highest BCUT2D eigenvalue weighted by atomic mass is 19.1. The van der Waals surface area contributed by atoms with Crippen LogP contribution in [-0.2, 0) is 6.42 Å². The van der Waals surface area contributed by atoms with E-state index in [0.29, 0.717) is 18.9 Å². The molecule has 2 aromatic heterocycles. The molecule has 1 fully saturated rings. The first kappa shape index (κ1) is 14.6. The summed E-state index contributed by atoms with van der Waals surface area (Å²) in [6.07, 6.45) is 5.11. The van der Waals surface area contributed by atoms with Gasteiger partial charge in [0.05, 0.1) is 6.20 Å². The Morgan fingerprint density at radius 2 is 1.64 bits per heavy atom. The Balaban J connectivity index is 1.75. The zero-order valence-corrected chi connectivity index (χ0v) is 12.8. The molecule has 0 spiro atoms. The van der Waals surface area contributed by atoms with Gasteiger partial charge in [0.2, 0.25) is 0 Å². The van der Waals surface area contributed by atoms with Gasteiger partial charge < -0.3 is 9.80 Å². The van der Waals surface area contributed by atoms with Crippen molar-refractivity contribution in [2.24, 2.45) is 0 Å². The second kappa shape index (κ2) is 6.21. The van der Waals surface area contributed by atoms with Crippen molar-refractivity contribution in [3.05, 3.63) is 35.9 Å². The number of nitrogens with zero attached hydrogens (tertiary/aromatic N) is 6. The average Bonchev–Trinajstić information content (AvgIpc) is 2.55. The third-order valence-electron chi connectivity index (χ3n) is 4.02. The number of rotatable bonds is 3. The Morgan fingerprint density at radius 1 is 1.00 bits per heavy atom. The van der Waals surface area contributed by atoms with E-state index in [-0.39, 0.29) is 5.82 Å². The van der Waals surface area contributed by atoms with Gasteiger partial charge in [0.1, 0.15) is 18.5 Å². The van der Waals surface area contributed by atoms with Crippen LogP contribution in [0.2, 0.25) is 0 Å². The molecule has 3 rings (SSSR count). The molecule has 116 valence electrons. The first-order valence-corrected chi connectivity index (χ1v) is 7.46. The van der Waals surface area contributed by atoms with Crippen LogP contribution in [0.4, 0.5) is 16.0 Å². The van der Waals surface area contributed by atoms with Crippen molar-refractivity contribution in [2.45, 2.75) is 20.3 Å². The number of piperazine rings is 1. The van der Waals surface area contributed by atoms with Gasteiger partial charge in [-0.2, -0.15) is 0 Å². The minimum absolute atomic E-state index is 0.372. The summed E-state index contributed by atoms with van der Waals surface area (Å²) in [5.74, 6) is 1.00. The van der Waals surface area contributed by atoms with E-state index in [2.05, 4.69) is 31.8 Å². The van der Waals surface area contributed by atoms with Crippen molar-refractivity contribution < 1.29 is 4.39 Å². The van der Waals surface area contributed by atoms with Gasteiger partial charge in [-0.05, 0) is 13.3 Å². The van der Waals surface area contributed by atoms with E-state index >= 15 is 0 Å². The van der Waals surface area contributed by atoms with E-state index in [1.165, 1.54) is 18.1 Å². The molecule has 1 aliphatic rings. The molecule has 0 radical (unpaired) electrons. The highest BCUT2D eigenvalue weighted by Crippen LogP contribution is 2.23. The van der Waals surface area contributed by atoms with Gasteiger partial charge in [0.25, 0.3) is 0 Å². The normalized spacial score (nSPS) is 15.2. The second-order valence-electron chi connectivity index (χ2n) is 5.28. The van der Waals surface area contributed by atoms with E-state index in [0.717, 1.165) is 31.0 Å². The van der Waals surface area contributed by atoms with Gasteiger partial charge in [0.15, 0.2) is 11.6 Å². The Kier molecular flexibility index (Phi) is 4.13. The van der Waals surface area contributed by atoms with Crippen LogP contribution in [0, 0.1) is 12.7 Å². The van der Waals surface area contributed by atoms with E-state index in [1.807, 2.05) is 11.8 Å². The molecule has 1 aliphatic heterocycles. The fourth-order valence-corrected chi connectivity index (χ4v) is 2.84. The third kappa shape index (κ3) is 2.70. The molecular formula is C15H19FN6. The van der Waals surface area contributed by atoms with Crippen molar-refractivity contribution in [1.29, 1.82) is 0 Å². The lowest BCUT2D eigenvalue weighted by atomic mass is 10.1. The predicted octanol–water partition coefficient (Wildman–Crippen LogP) is 1.60. The minimum atomic E-state index is -0.372. The van der Waals surface area contributed by atoms with Gasteiger partial charge in [-0.3, -0.25) is 0 Å². The highest BCUT2D eigenvalue weighted by molar-refractivity contribution is 5.50. The summed E-state index contributed by atoms with van der Waals surface area (Å²) in [5, 5.41) is 0. The molecule has 0 amide bonds. The summed E-state index contributed by atoms with van der Waals surface area (Å²) in [4.78, 5) is 20.6. The van der Waals surface area contributed by atoms with Crippen molar-refractivity contribution in [3.8, 4) is 0 Å². The summed E-state index contributed by atoms with van der Waals surface area (Å²) in [6, 6.07) is 0. The van der Waals surface area contributed by atoms with E-state index in [4.69, 9.17) is 0 Å². The fourth-order valence-electron chi connectivity index (χ4n) is 2.84. The first-order chi connectivity index (χ1) is 10.7. The summed E-state index contributed by atoms with van der Waals surface area (Å²) in [5.41, 5.74) is 2.21. The Bertz CT molecular complexity index is 654. The molecule has 0 aliphatic carbocycles. The summed E-state index contributed by atoms with van der Waals surface area (Å²) in [6.45, 7) is 7.11. The maximum absolute atomic E-state index is 13.8. The largest absolute Gasteiger partial charge is 0.353 e. The maximum Gasteiger partial charge on any atom is 0.183 e. The standard InChI is InChI=1S/C15H19FN6/c1-3-12-11(2)18-10-20-14(12)21-4-6-22(7-5-21)15-13(16)8-17-9-19-15/h8-10H,3-7H2,1-2H3. The van der Waals surface area contributed by atoms with Crippen LogP contribution in [0.3, 0.4) is 0 Å². The van der Waals surface area contributed by atoms with Gasteiger partial charge in [-0.15, -0.1) is 0 Å². The molecule has 2 aromatic rings. The van der Waals surface area contributed by atoms with Crippen molar-refractivity contribution in [1.82, 2.24) is 19.9 Å². The molecule has 7 heteroatoms. The molecule has 0 bridgehead atoms. The molecule has 0 unspecified atom stereocenters. The van der Waals surface area contributed by atoms with Crippen LogP contribution in [0.1, 0.15) is 18.2 Å². The van der Waals surface area contributed by atoms with Crippen molar-refractivity contribution in [3.63, 3.8) is 0 Å². The maximum atomic E-state index is 13.8. The Labute approximate surface area is 129 Å². The van der Waals surface area contributed by atoms with Crippen LogP contribution < -0.4 is 9.80 Å². The quantitative estimate of drug-likeness (QED) is 0.858. The number of hydrogen-bond acceptors (Lipinski definition) is 6. The van der Waals surface area contributed by atoms with Gasteiger partial charge in [-0.25, -0.2) is 24.3 Å². The Hall–Kier alpha value is -2.31. The minimum Gasteiger partial charge on any atom is -0.353 e. The molecule has 3 heterocycles. The number of halogens is 1. The second-order valence-corrected chi connectivity index (χ2v) is 5.28. The number of anilines is 2. The summed E-state index contributed by atoms with van der Waals surface area (Å²) in [7, 11) is 0. The Morgan fingerprint density at radius 3 is 2.27 bits per heavy atom. The SMILES string of the molecule is CCc1c(C)ncnc1N1CCN(c2ncncc2F)CC1. The summed E-state index contributed by atoms with van der Waals surface area (Å²) < 4.78 is 13.8. The lowest BCUT2D eigenvalue weighted by molar-refractivity contribution is 0.580. The van der Waals surface area contributed by atoms with Crippen LogP contribution in [-0.4, -0.2) is 46.1 Å². The average molecular weight is 302 g/mol. The number of hydrogen-bond donors (Lipinski definition) is 0. The fraction of sp³-hybridized carbons (Fsp3) is 0.467. The van der Waals surface area contributed by atoms with Crippen LogP contribution in [0.15, 0.2) is 18.9 Å². The van der Waals surface area contributed by atoms with Crippen LogP contribution in [0.5, 0.6) is 0 Å². The van der Waals surface area contributed by atoms with E-state index in [1.54, 1.807) is 6.33 Å². The third-order valence-corrected chi connectivity index (χ3v) is 4.02. The molecule has 0 N–H and O–H groups in total. The van der Waals surface area contributed by atoms with Crippen LogP contribution in [0.25, 0.3) is 0 Å². The molecule has 0 atom stereocenters. The first-order valence-electron chi connectivity index (χ1n) is 7.46. The van der Waals surface area contributed by atoms with Gasteiger partial charge >= 0.3 is 0 Å². The smallest absolute Gasteiger partial charge is 0.183 e. The predicted molar refractivity (Wildman–Crippen MR) is 82.6 cm³/mol. The zero-order chi connectivity index (χ0) is 15.5. The lowest BCUT2D eigenvalue weighted by Crippen LogP contribution is -2.47. The van der Waals surface area contributed by atoms with E-state index in [9.17, 15) is 4.39 Å². The molecular weight excluding hydrogens is 283 g/mol. The van der Waals surface area contributed by atoms with E-state index < -0.39 is 0 Å².